The number of unbranched alkanes of at least 4 members (excludes halogenated alkanes) is 4. The summed E-state index contributed by atoms with van der Waals surface area (Å²) < 4.78 is 6.29. The first kappa shape index (κ1) is 23.2. The van der Waals surface area contributed by atoms with Gasteiger partial charge in [0.05, 0.1) is 0 Å². The first-order valence-corrected chi connectivity index (χ1v) is 13.0. The van der Waals surface area contributed by atoms with Crippen LogP contribution in [-0.4, -0.2) is 26.0 Å². The summed E-state index contributed by atoms with van der Waals surface area (Å²) in [6.07, 6.45) is 12.0. The van der Waals surface area contributed by atoms with E-state index < -0.39 is 9.04 Å². The Morgan fingerprint density at radius 1 is 0.957 bits per heavy atom. The van der Waals surface area contributed by atoms with Crippen molar-refractivity contribution in [3.63, 3.8) is 0 Å². The van der Waals surface area contributed by atoms with Crippen molar-refractivity contribution in [3.05, 3.63) is 0 Å². The zero-order valence-electron chi connectivity index (χ0n) is 16.1. The van der Waals surface area contributed by atoms with Crippen LogP contribution >= 0.6 is 11.8 Å². The molecule has 0 bridgehead atoms. The molecule has 0 radical (unpaired) electrons. The lowest BCUT2D eigenvalue weighted by Gasteiger charge is -2.20. The fourth-order valence-electron chi connectivity index (χ4n) is 2.82. The maximum absolute atomic E-state index is 11.8. The van der Waals surface area contributed by atoms with E-state index in [1.807, 2.05) is 0 Å². The number of carbonyl (C=O) groups excluding carboxylic acids is 1. The molecule has 0 aromatic rings. The van der Waals surface area contributed by atoms with E-state index in [9.17, 15) is 4.79 Å². The van der Waals surface area contributed by atoms with E-state index in [1.54, 1.807) is 0 Å². The highest BCUT2D eigenvalue weighted by Crippen LogP contribution is 2.16. The van der Waals surface area contributed by atoms with Crippen LogP contribution in [0.5, 0.6) is 0 Å². The summed E-state index contributed by atoms with van der Waals surface area (Å²) in [4.78, 5) is 11.8. The van der Waals surface area contributed by atoms with Crippen molar-refractivity contribution in [2.75, 3.05) is 5.75 Å². The van der Waals surface area contributed by atoms with Gasteiger partial charge in [-0.25, -0.2) is 0 Å². The standard InChI is InChI=1S/C19H40O2SSi/c1-5-8-9-10-11-14-19(20)22-15-12-13-18(4)21-23(16-6-2)17-7-3/h18,23H,5-17H2,1-4H3. The Kier molecular flexibility index (Phi) is 17.2. The first-order chi connectivity index (χ1) is 11.1. The average Bonchev–Trinajstić information content (AvgIpc) is 2.52. The van der Waals surface area contributed by atoms with Crippen molar-refractivity contribution in [2.45, 2.75) is 110 Å². The summed E-state index contributed by atoms with van der Waals surface area (Å²) in [5, 5.41) is 0.388. The Morgan fingerprint density at radius 3 is 2.22 bits per heavy atom. The third kappa shape index (κ3) is 15.5. The van der Waals surface area contributed by atoms with Gasteiger partial charge in [-0.05, 0) is 38.3 Å². The first-order valence-electron chi connectivity index (χ1n) is 9.95. The lowest BCUT2D eigenvalue weighted by molar-refractivity contribution is -0.111. The van der Waals surface area contributed by atoms with Crippen LogP contribution in [0.15, 0.2) is 0 Å². The SMILES string of the molecule is CCCCCCCC(=O)SCCCC(C)O[SiH](CCC)CCC. The average molecular weight is 361 g/mol. The molecule has 2 nitrogen and oxygen atoms in total. The molecule has 0 N–H and O–H groups in total. The number of hydrogen-bond donors (Lipinski definition) is 0. The smallest absolute Gasteiger partial charge is 0.188 e. The van der Waals surface area contributed by atoms with Crippen LogP contribution < -0.4 is 0 Å². The number of carbonyl (C=O) groups is 1. The van der Waals surface area contributed by atoms with Gasteiger partial charge in [-0.15, -0.1) is 0 Å². The molecule has 0 aliphatic rings. The molecule has 0 aliphatic carbocycles. The second-order valence-electron chi connectivity index (χ2n) is 6.67. The quantitative estimate of drug-likeness (QED) is 0.237. The van der Waals surface area contributed by atoms with Crippen LogP contribution in [0.4, 0.5) is 0 Å². The predicted octanol–water partition coefficient (Wildman–Crippen LogP) is 6.34. The van der Waals surface area contributed by atoms with Crippen LogP contribution in [0.2, 0.25) is 12.1 Å². The number of thioether (sulfide) groups is 1. The van der Waals surface area contributed by atoms with Gasteiger partial charge in [-0.2, -0.15) is 0 Å². The summed E-state index contributed by atoms with van der Waals surface area (Å²) in [6, 6.07) is 2.62. The van der Waals surface area contributed by atoms with Crippen LogP contribution in [0.1, 0.15) is 91.9 Å². The number of rotatable bonds is 16. The Balaban J connectivity index is 3.59. The Bertz CT molecular complexity index is 268. The second-order valence-corrected chi connectivity index (χ2v) is 10.5. The third-order valence-electron chi connectivity index (χ3n) is 4.15. The van der Waals surface area contributed by atoms with Crippen molar-refractivity contribution >= 4 is 25.9 Å². The molecular formula is C19H40O2SSi. The molecule has 0 saturated heterocycles. The fraction of sp³-hybridized carbons (Fsp3) is 0.947. The minimum Gasteiger partial charge on any atom is -0.417 e. The highest BCUT2D eigenvalue weighted by molar-refractivity contribution is 8.13. The molecule has 0 heterocycles. The summed E-state index contributed by atoms with van der Waals surface area (Å²) in [7, 11) is -0.962. The van der Waals surface area contributed by atoms with Gasteiger partial charge in [0.25, 0.3) is 0 Å². The lowest BCUT2D eigenvalue weighted by atomic mass is 10.1. The van der Waals surface area contributed by atoms with Gasteiger partial charge in [0.1, 0.15) is 0 Å². The van der Waals surface area contributed by atoms with Gasteiger partial charge in [0.15, 0.2) is 14.2 Å². The second kappa shape index (κ2) is 17.0. The topological polar surface area (TPSA) is 26.3 Å². The minimum atomic E-state index is -0.962. The van der Waals surface area contributed by atoms with E-state index in [0.717, 1.165) is 31.4 Å². The highest BCUT2D eigenvalue weighted by Gasteiger charge is 2.14. The summed E-state index contributed by atoms with van der Waals surface area (Å²) >= 11 is 1.54. The van der Waals surface area contributed by atoms with Crippen LogP contribution in [0.3, 0.4) is 0 Å². The molecule has 0 fully saturated rings. The van der Waals surface area contributed by atoms with Gasteiger partial charge in [-0.1, -0.05) is 71.1 Å². The van der Waals surface area contributed by atoms with E-state index in [0.29, 0.717) is 11.2 Å². The van der Waals surface area contributed by atoms with E-state index in [1.165, 1.54) is 62.4 Å². The van der Waals surface area contributed by atoms with Gasteiger partial charge >= 0.3 is 0 Å². The van der Waals surface area contributed by atoms with Gasteiger partial charge in [0, 0.05) is 18.3 Å². The Labute approximate surface area is 151 Å². The van der Waals surface area contributed by atoms with E-state index in [4.69, 9.17) is 4.43 Å². The van der Waals surface area contributed by atoms with Crippen molar-refractivity contribution < 1.29 is 9.22 Å². The van der Waals surface area contributed by atoms with Crippen molar-refractivity contribution in [1.82, 2.24) is 0 Å². The molecule has 0 saturated carbocycles. The zero-order valence-corrected chi connectivity index (χ0v) is 18.0. The molecule has 0 aromatic heterocycles. The molecule has 0 aromatic carbocycles. The maximum Gasteiger partial charge on any atom is 0.188 e. The number of hydrogen-bond acceptors (Lipinski definition) is 3. The molecule has 1 unspecified atom stereocenters. The molecule has 0 aliphatic heterocycles. The lowest BCUT2D eigenvalue weighted by Crippen LogP contribution is -2.23. The van der Waals surface area contributed by atoms with Gasteiger partial charge in [0.2, 0.25) is 0 Å². The monoisotopic (exact) mass is 360 g/mol. The summed E-state index contributed by atoms with van der Waals surface area (Å²) in [6.45, 7) is 8.95. The third-order valence-corrected chi connectivity index (χ3v) is 8.46. The van der Waals surface area contributed by atoms with Crippen LogP contribution in [-0.2, 0) is 9.22 Å². The van der Waals surface area contributed by atoms with E-state index in [2.05, 4.69) is 27.7 Å². The van der Waals surface area contributed by atoms with Crippen molar-refractivity contribution in [1.29, 1.82) is 0 Å². The summed E-state index contributed by atoms with van der Waals surface area (Å²) in [5.41, 5.74) is 0. The minimum absolute atomic E-state index is 0.384. The predicted molar refractivity (Wildman–Crippen MR) is 108 cm³/mol. The Morgan fingerprint density at radius 2 is 1.61 bits per heavy atom. The van der Waals surface area contributed by atoms with Crippen molar-refractivity contribution in [2.24, 2.45) is 0 Å². The molecule has 138 valence electrons. The van der Waals surface area contributed by atoms with Crippen LogP contribution in [0.25, 0.3) is 0 Å². The molecule has 4 heteroatoms. The fourth-order valence-corrected chi connectivity index (χ4v) is 6.29. The summed E-state index contributed by atoms with van der Waals surface area (Å²) in [5.74, 6) is 0.968. The highest BCUT2D eigenvalue weighted by atomic mass is 32.2. The molecule has 23 heavy (non-hydrogen) atoms. The molecular weight excluding hydrogens is 320 g/mol. The molecule has 0 spiro atoms. The Hall–Kier alpha value is 0.197. The maximum atomic E-state index is 11.8. The molecule has 0 amide bonds. The normalized spacial score (nSPS) is 12.7. The van der Waals surface area contributed by atoms with E-state index in [-0.39, 0.29) is 0 Å². The van der Waals surface area contributed by atoms with Gasteiger partial charge in [-0.3, -0.25) is 4.79 Å². The zero-order chi connectivity index (χ0) is 17.3. The van der Waals surface area contributed by atoms with Gasteiger partial charge < -0.3 is 4.43 Å². The molecule has 0 rings (SSSR count). The largest absolute Gasteiger partial charge is 0.417 e. The van der Waals surface area contributed by atoms with E-state index >= 15 is 0 Å². The van der Waals surface area contributed by atoms with Crippen LogP contribution in [0, 0.1) is 0 Å². The molecule has 1 atom stereocenters. The van der Waals surface area contributed by atoms with Crippen molar-refractivity contribution in [3.8, 4) is 0 Å².